The molecule has 1 heterocycles. The normalized spacial score (nSPS) is 22.5. The third-order valence-electron chi connectivity index (χ3n) is 2.64. The van der Waals surface area contributed by atoms with Gasteiger partial charge in [0.2, 0.25) is 5.91 Å². The fraction of sp³-hybridized carbons (Fsp3) is 0.917. The second kappa shape index (κ2) is 6.33. The van der Waals surface area contributed by atoms with Gasteiger partial charge in [0.05, 0.1) is 12.7 Å². The van der Waals surface area contributed by atoms with Crippen molar-refractivity contribution in [3.05, 3.63) is 0 Å². The molecule has 2 unspecified atom stereocenters. The first-order chi connectivity index (χ1) is 7.88. The van der Waals surface area contributed by atoms with Gasteiger partial charge in [-0.05, 0) is 33.6 Å². The predicted molar refractivity (Wildman–Crippen MR) is 65.7 cm³/mol. The summed E-state index contributed by atoms with van der Waals surface area (Å²) in [6.07, 6.45) is 1.79. The molecule has 3 N–H and O–H groups in total. The van der Waals surface area contributed by atoms with Crippen LogP contribution < -0.4 is 11.1 Å². The Bertz CT molecular complexity index is 245. The first kappa shape index (κ1) is 14.4. The molecule has 0 aromatic heterocycles. The Morgan fingerprint density at radius 1 is 1.65 bits per heavy atom. The van der Waals surface area contributed by atoms with Crippen LogP contribution in [0.25, 0.3) is 0 Å². The van der Waals surface area contributed by atoms with Crippen molar-refractivity contribution >= 4 is 5.91 Å². The minimum absolute atomic E-state index is 0.124. The van der Waals surface area contributed by atoms with Gasteiger partial charge in [-0.1, -0.05) is 0 Å². The number of nitrogens with two attached hydrogens (primary N) is 1. The summed E-state index contributed by atoms with van der Waals surface area (Å²) >= 11 is 0. The van der Waals surface area contributed by atoms with Crippen molar-refractivity contribution in [3.63, 3.8) is 0 Å². The second-order valence-electron chi connectivity index (χ2n) is 5.32. The summed E-state index contributed by atoms with van der Waals surface area (Å²) in [4.78, 5) is 11.7. The number of ether oxygens (including phenoxy) is 2. The molecule has 17 heavy (non-hydrogen) atoms. The molecule has 1 fully saturated rings. The van der Waals surface area contributed by atoms with E-state index in [1.165, 1.54) is 0 Å². The third-order valence-corrected chi connectivity index (χ3v) is 2.64. The zero-order chi connectivity index (χ0) is 12.9. The molecule has 0 aromatic rings. The van der Waals surface area contributed by atoms with Crippen molar-refractivity contribution in [3.8, 4) is 0 Å². The Hall–Kier alpha value is -0.650. The minimum Gasteiger partial charge on any atom is -0.376 e. The van der Waals surface area contributed by atoms with Gasteiger partial charge in [0.25, 0.3) is 0 Å². The average molecular weight is 244 g/mol. The molecular weight excluding hydrogens is 220 g/mol. The van der Waals surface area contributed by atoms with Crippen LogP contribution in [0.15, 0.2) is 0 Å². The summed E-state index contributed by atoms with van der Waals surface area (Å²) in [5.41, 5.74) is 5.38. The second-order valence-corrected chi connectivity index (χ2v) is 5.32. The van der Waals surface area contributed by atoms with Crippen LogP contribution in [0.2, 0.25) is 0 Å². The Labute approximate surface area is 103 Å². The molecular formula is C12H24N2O3. The zero-order valence-electron chi connectivity index (χ0n) is 11.0. The van der Waals surface area contributed by atoms with E-state index in [-0.39, 0.29) is 12.0 Å². The number of hydrogen-bond acceptors (Lipinski definition) is 4. The smallest absolute Gasteiger partial charge is 0.248 e. The lowest BCUT2D eigenvalue weighted by Crippen LogP contribution is -2.47. The lowest BCUT2D eigenvalue weighted by molar-refractivity contribution is -0.133. The maximum atomic E-state index is 11.7. The minimum atomic E-state index is -0.457. The molecule has 0 spiro atoms. The fourth-order valence-corrected chi connectivity index (χ4v) is 1.56. The van der Waals surface area contributed by atoms with E-state index in [2.05, 4.69) is 5.32 Å². The summed E-state index contributed by atoms with van der Waals surface area (Å²) in [6, 6.07) is 0. The van der Waals surface area contributed by atoms with Crippen LogP contribution in [0.4, 0.5) is 0 Å². The van der Waals surface area contributed by atoms with Crippen molar-refractivity contribution in [2.45, 2.75) is 51.4 Å². The van der Waals surface area contributed by atoms with Gasteiger partial charge in [-0.3, -0.25) is 4.79 Å². The number of nitrogens with one attached hydrogen (secondary N) is 1. The molecule has 5 heteroatoms. The average Bonchev–Trinajstić information content (AvgIpc) is 2.74. The molecule has 2 atom stereocenters. The lowest BCUT2D eigenvalue weighted by Gasteiger charge is -2.21. The topological polar surface area (TPSA) is 73.6 Å². The molecule has 0 saturated carbocycles. The maximum absolute atomic E-state index is 11.7. The van der Waals surface area contributed by atoms with Crippen LogP contribution in [0, 0.1) is 0 Å². The monoisotopic (exact) mass is 244 g/mol. The van der Waals surface area contributed by atoms with E-state index in [4.69, 9.17) is 15.2 Å². The van der Waals surface area contributed by atoms with Crippen molar-refractivity contribution in [2.24, 2.45) is 5.73 Å². The van der Waals surface area contributed by atoms with E-state index < -0.39 is 11.6 Å². The third kappa shape index (κ3) is 6.00. The summed E-state index contributed by atoms with van der Waals surface area (Å²) in [7, 11) is 0. The molecule has 1 amide bonds. The molecule has 5 nitrogen and oxygen atoms in total. The van der Waals surface area contributed by atoms with Gasteiger partial charge in [-0.25, -0.2) is 0 Å². The van der Waals surface area contributed by atoms with E-state index in [1.807, 2.05) is 13.8 Å². The number of carbonyl (C=O) groups excluding carboxylic acids is 1. The van der Waals surface area contributed by atoms with Crippen molar-refractivity contribution in [1.82, 2.24) is 5.32 Å². The molecule has 0 aliphatic carbocycles. The van der Waals surface area contributed by atoms with Gasteiger partial charge >= 0.3 is 0 Å². The van der Waals surface area contributed by atoms with Crippen LogP contribution >= 0.6 is 0 Å². The van der Waals surface area contributed by atoms with Crippen LogP contribution in [0.3, 0.4) is 0 Å². The van der Waals surface area contributed by atoms with Crippen molar-refractivity contribution in [1.29, 1.82) is 0 Å². The molecule has 0 radical (unpaired) electrons. The predicted octanol–water partition coefficient (Wildman–Crippen LogP) is 0.424. The number of hydrogen-bond donors (Lipinski definition) is 2. The highest BCUT2D eigenvalue weighted by Crippen LogP contribution is 2.12. The van der Waals surface area contributed by atoms with E-state index in [0.717, 1.165) is 19.4 Å². The largest absolute Gasteiger partial charge is 0.376 e. The van der Waals surface area contributed by atoms with E-state index in [0.29, 0.717) is 13.2 Å². The molecule has 1 saturated heterocycles. The Balaban J connectivity index is 2.17. The van der Waals surface area contributed by atoms with E-state index in [1.54, 1.807) is 6.92 Å². The van der Waals surface area contributed by atoms with Crippen molar-refractivity contribution in [2.75, 3.05) is 19.8 Å². The van der Waals surface area contributed by atoms with Gasteiger partial charge in [0.1, 0.15) is 6.10 Å². The summed E-state index contributed by atoms with van der Waals surface area (Å²) < 4.78 is 10.9. The van der Waals surface area contributed by atoms with Crippen LogP contribution in [-0.2, 0) is 14.3 Å². The van der Waals surface area contributed by atoms with Crippen LogP contribution in [0.1, 0.15) is 33.6 Å². The SMILES string of the molecule is CC(OCC1CCCO1)C(=O)NCC(C)(C)N. The number of carbonyl (C=O) groups is 1. The summed E-state index contributed by atoms with van der Waals surface area (Å²) in [5, 5.41) is 2.77. The van der Waals surface area contributed by atoms with Gasteiger partial charge in [0.15, 0.2) is 0 Å². The number of amides is 1. The Morgan fingerprint density at radius 2 is 2.35 bits per heavy atom. The van der Waals surface area contributed by atoms with Gasteiger partial charge < -0.3 is 20.5 Å². The number of rotatable bonds is 6. The molecule has 100 valence electrons. The first-order valence-corrected chi connectivity index (χ1v) is 6.18. The maximum Gasteiger partial charge on any atom is 0.248 e. The summed E-state index contributed by atoms with van der Waals surface area (Å²) in [6.45, 7) is 7.21. The van der Waals surface area contributed by atoms with Crippen LogP contribution in [-0.4, -0.2) is 43.4 Å². The van der Waals surface area contributed by atoms with Gasteiger partial charge in [-0.15, -0.1) is 0 Å². The van der Waals surface area contributed by atoms with E-state index in [9.17, 15) is 4.79 Å². The highest BCUT2D eigenvalue weighted by atomic mass is 16.5. The first-order valence-electron chi connectivity index (χ1n) is 6.18. The zero-order valence-corrected chi connectivity index (χ0v) is 11.0. The molecule has 1 aliphatic heterocycles. The molecule has 0 bridgehead atoms. The Morgan fingerprint density at radius 3 is 2.88 bits per heavy atom. The fourth-order valence-electron chi connectivity index (χ4n) is 1.56. The van der Waals surface area contributed by atoms with E-state index >= 15 is 0 Å². The van der Waals surface area contributed by atoms with Crippen molar-refractivity contribution < 1.29 is 14.3 Å². The molecule has 1 rings (SSSR count). The highest BCUT2D eigenvalue weighted by molar-refractivity contribution is 5.80. The summed E-state index contributed by atoms with van der Waals surface area (Å²) in [5.74, 6) is -0.124. The van der Waals surface area contributed by atoms with Gasteiger partial charge in [-0.2, -0.15) is 0 Å². The quantitative estimate of drug-likeness (QED) is 0.710. The van der Waals surface area contributed by atoms with Crippen LogP contribution in [0.5, 0.6) is 0 Å². The van der Waals surface area contributed by atoms with Gasteiger partial charge in [0, 0.05) is 18.7 Å². The standard InChI is InChI=1S/C12H24N2O3/c1-9(11(15)14-8-12(2,3)13)17-7-10-5-4-6-16-10/h9-10H,4-8,13H2,1-3H3,(H,14,15). The Kier molecular flexibility index (Phi) is 5.36. The molecule has 1 aliphatic rings. The lowest BCUT2D eigenvalue weighted by atomic mass is 10.1. The highest BCUT2D eigenvalue weighted by Gasteiger charge is 2.20. The molecule has 0 aromatic carbocycles.